The summed E-state index contributed by atoms with van der Waals surface area (Å²) in [5.41, 5.74) is 2.89. The van der Waals surface area contributed by atoms with E-state index in [1.165, 1.54) is 24.7 Å². The lowest BCUT2D eigenvalue weighted by molar-refractivity contribution is -0.144. The Balaban J connectivity index is 1.20. The van der Waals surface area contributed by atoms with E-state index < -0.39 is 60.6 Å². The molecular formula is C34H41N2O9P. The average Bonchev–Trinajstić information content (AvgIpc) is 3.49. The summed E-state index contributed by atoms with van der Waals surface area (Å²) < 4.78 is 18.4. The van der Waals surface area contributed by atoms with Gasteiger partial charge in [0.15, 0.2) is 0 Å². The molecule has 1 saturated heterocycles. The third-order valence-electron chi connectivity index (χ3n) is 8.75. The summed E-state index contributed by atoms with van der Waals surface area (Å²) in [6, 6.07) is 15.7. The molecule has 1 aliphatic heterocycles. The Morgan fingerprint density at radius 2 is 1.61 bits per heavy atom. The van der Waals surface area contributed by atoms with E-state index in [1.54, 1.807) is 0 Å². The molecular weight excluding hydrogens is 611 g/mol. The molecule has 5 rings (SSSR count). The number of aromatic nitrogens is 2. The average molecular weight is 653 g/mol. The minimum atomic E-state index is -1.41. The molecule has 2 aliphatic rings. The summed E-state index contributed by atoms with van der Waals surface area (Å²) in [6.07, 6.45) is 1.18. The lowest BCUT2D eigenvalue weighted by Gasteiger charge is -2.19. The first kappa shape index (κ1) is 33.6. The van der Waals surface area contributed by atoms with E-state index in [2.05, 4.69) is 19.6 Å². The van der Waals surface area contributed by atoms with Gasteiger partial charge < -0.3 is 29.0 Å². The molecule has 1 aromatic heterocycles. The number of aryl methyl sites for hydroxylation is 1. The van der Waals surface area contributed by atoms with E-state index in [1.807, 2.05) is 48.5 Å². The third kappa shape index (κ3) is 6.98. The van der Waals surface area contributed by atoms with Crippen LogP contribution in [0.25, 0.3) is 11.1 Å². The Hall–Kier alpha value is -3.76. The lowest BCUT2D eigenvalue weighted by Crippen LogP contribution is -2.42. The van der Waals surface area contributed by atoms with Crippen molar-refractivity contribution in [3.63, 3.8) is 0 Å². The number of rotatable bonds is 10. The smallest absolute Gasteiger partial charge is 0.433 e. The summed E-state index contributed by atoms with van der Waals surface area (Å²) in [5, 5.41) is 21.4. The summed E-state index contributed by atoms with van der Waals surface area (Å²) in [7, 11) is 1.46. The molecule has 5 atom stereocenters. The van der Waals surface area contributed by atoms with Gasteiger partial charge in [-0.1, -0.05) is 55.5 Å². The number of esters is 1. The Kier molecular flexibility index (Phi) is 9.89. The number of carbonyl (C=O) groups is 2. The first-order chi connectivity index (χ1) is 21.8. The van der Waals surface area contributed by atoms with E-state index in [9.17, 15) is 29.4 Å². The number of hydrogen-bond donors (Lipinski definition) is 2. The van der Waals surface area contributed by atoms with E-state index in [0.29, 0.717) is 6.42 Å². The molecule has 2 N–H and O–H groups in total. The van der Waals surface area contributed by atoms with Gasteiger partial charge in [0.25, 0.3) is 5.56 Å². The van der Waals surface area contributed by atoms with Gasteiger partial charge in [-0.15, -0.1) is 13.2 Å². The maximum atomic E-state index is 13.4. The predicted octanol–water partition coefficient (Wildman–Crippen LogP) is 3.33. The molecule has 0 radical (unpaired) electrons. The van der Waals surface area contributed by atoms with Gasteiger partial charge in [-0.25, -0.2) is 9.59 Å². The highest BCUT2D eigenvalue weighted by Gasteiger charge is 2.44. The quantitative estimate of drug-likeness (QED) is 0.191. The largest absolute Gasteiger partial charge is 0.516 e. The Morgan fingerprint density at radius 1 is 1.00 bits per heavy atom. The Bertz CT molecular complexity index is 1750. The number of fused-ring (bicyclic) bond motifs is 3. The second-order valence-electron chi connectivity index (χ2n) is 12.9. The summed E-state index contributed by atoms with van der Waals surface area (Å²) in [5.74, 6) is -1.90. The van der Waals surface area contributed by atoms with Gasteiger partial charge in [-0.3, -0.25) is 14.2 Å². The van der Waals surface area contributed by atoms with Crippen LogP contribution in [0.2, 0.25) is 0 Å². The van der Waals surface area contributed by atoms with Crippen LogP contribution in [-0.2, 0) is 32.6 Å². The number of ether oxygens (including phenoxy) is 3. The molecule has 11 nitrogen and oxygen atoms in total. The van der Waals surface area contributed by atoms with E-state index in [-0.39, 0.29) is 31.1 Å². The molecule has 246 valence electrons. The summed E-state index contributed by atoms with van der Waals surface area (Å²) >= 11 is 0. The van der Waals surface area contributed by atoms with Crippen molar-refractivity contribution in [2.24, 2.45) is 13.0 Å². The van der Waals surface area contributed by atoms with Gasteiger partial charge in [0.2, 0.25) is 0 Å². The number of aliphatic hydroxyl groups excluding tert-OH is 2. The molecule has 1 aliphatic carbocycles. The molecule has 46 heavy (non-hydrogen) atoms. The Morgan fingerprint density at radius 3 is 2.22 bits per heavy atom. The van der Waals surface area contributed by atoms with Gasteiger partial charge in [0, 0.05) is 25.7 Å². The minimum absolute atomic E-state index is 0.00790. The molecule has 3 aromatic rings. The van der Waals surface area contributed by atoms with E-state index in [0.717, 1.165) is 33.0 Å². The normalized spacial score (nSPS) is 21.4. The van der Waals surface area contributed by atoms with E-state index in [4.69, 9.17) is 14.2 Å². The van der Waals surface area contributed by atoms with Crippen LogP contribution in [0.1, 0.15) is 48.5 Å². The van der Waals surface area contributed by atoms with Crippen LogP contribution >= 0.6 is 6.89 Å². The maximum absolute atomic E-state index is 13.4. The van der Waals surface area contributed by atoms with Crippen molar-refractivity contribution in [2.45, 2.75) is 56.6 Å². The van der Waals surface area contributed by atoms with Crippen molar-refractivity contribution >= 4 is 25.3 Å². The van der Waals surface area contributed by atoms with Crippen molar-refractivity contribution in [3.8, 4) is 11.1 Å². The van der Waals surface area contributed by atoms with Gasteiger partial charge in [-0.2, -0.15) is 0 Å². The zero-order valence-electron chi connectivity index (χ0n) is 26.5. The van der Waals surface area contributed by atoms with Crippen LogP contribution in [0.3, 0.4) is 0 Å². The highest BCUT2D eigenvalue weighted by Crippen LogP contribution is 2.44. The van der Waals surface area contributed by atoms with Crippen molar-refractivity contribution in [3.05, 3.63) is 92.3 Å². The third-order valence-corrected chi connectivity index (χ3v) is 10.2. The van der Waals surface area contributed by atoms with Crippen LogP contribution in [0.4, 0.5) is 4.79 Å². The first-order valence-electron chi connectivity index (χ1n) is 15.3. The van der Waals surface area contributed by atoms with Gasteiger partial charge in [0.1, 0.15) is 24.9 Å². The fourth-order valence-corrected chi connectivity index (χ4v) is 7.06. The molecule has 0 bridgehead atoms. The van der Waals surface area contributed by atoms with Crippen LogP contribution < -0.4 is 11.2 Å². The van der Waals surface area contributed by atoms with Crippen molar-refractivity contribution in [1.29, 1.82) is 0 Å². The predicted molar refractivity (Wildman–Crippen MR) is 176 cm³/mol. The zero-order valence-corrected chi connectivity index (χ0v) is 27.4. The van der Waals surface area contributed by atoms with Crippen LogP contribution in [0.15, 0.2) is 64.3 Å². The molecule has 0 amide bonds. The van der Waals surface area contributed by atoms with Crippen LogP contribution in [0.5, 0.6) is 0 Å². The SMILES string of the molecule is C=P(C)(C)CCC1OC(c2cn(C)c(=O)n(CCC(C)C(=O)OC(=O)OCC3c4ccccc4-c4ccccc43)c2=O)[C@H](O)[C@@H]1O. The van der Waals surface area contributed by atoms with Gasteiger partial charge in [-0.05, 0) is 54.6 Å². The number of aliphatic hydroxyl groups is 2. The fraction of sp³-hybridized carbons (Fsp3) is 0.441. The number of nitrogens with zero attached hydrogens (tertiary/aromatic N) is 2. The maximum Gasteiger partial charge on any atom is 0.516 e. The number of benzene rings is 2. The number of carbonyl (C=O) groups excluding carboxylic acids is 2. The van der Waals surface area contributed by atoms with E-state index >= 15 is 0 Å². The summed E-state index contributed by atoms with van der Waals surface area (Å²) in [4.78, 5) is 51.6. The molecule has 2 aromatic carbocycles. The lowest BCUT2D eigenvalue weighted by atomic mass is 9.98. The van der Waals surface area contributed by atoms with Crippen molar-refractivity contribution in [1.82, 2.24) is 9.13 Å². The van der Waals surface area contributed by atoms with Gasteiger partial charge >= 0.3 is 17.8 Å². The highest BCUT2D eigenvalue weighted by molar-refractivity contribution is 7.72. The minimum Gasteiger partial charge on any atom is -0.433 e. The molecule has 3 unspecified atom stereocenters. The van der Waals surface area contributed by atoms with Crippen molar-refractivity contribution < 1.29 is 34.0 Å². The monoisotopic (exact) mass is 652 g/mol. The summed E-state index contributed by atoms with van der Waals surface area (Å²) in [6.45, 7) is 4.07. The second kappa shape index (κ2) is 13.5. The molecule has 1 fully saturated rings. The standard InChI is InChI=1S/C34H41N2O9P/c1-20(32(40)45-34(42)43-19-26-23-12-8-6-10-21(23)22-11-7-9-13-24(22)26)14-16-36-31(39)25(18-35(2)33(36)41)30-29(38)28(37)27(44-30)15-17-46(3,4)5/h6-13,18,20,26-30,37-38H,3,14-17,19H2,1-2,4-5H3/t20?,27?,28-,29-,30?/m1/s1. The molecule has 0 saturated carbocycles. The first-order valence-corrected chi connectivity index (χ1v) is 18.4. The Labute approximate surface area is 267 Å². The van der Waals surface area contributed by atoms with Gasteiger partial charge in [0.05, 0.1) is 17.6 Å². The molecule has 12 heteroatoms. The van der Waals surface area contributed by atoms with Crippen molar-refractivity contribution in [2.75, 3.05) is 26.1 Å². The molecule has 0 spiro atoms. The fourth-order valence-electron chi connectivity index (χ4n) is 6.11. The molecule has 2 heterocycles. The topological polar surface area (TPSA) is 146 Å². The highest BCUT2D eigenvalue weighted by atomic mass is 31.2. The second-order valence-corrected chi connectivity index (χ2v) is 17.2. The number of hydrogen-bond acceptors (Lipinski definition) is 9. The van der Waals surface area contributed by atoms with Crippen LogP contribution in [-0.4, -0.2) is 82.2 Å². The van der Waals surface area contributed by atoms with Crippen LogP contribution in [0, 0.1) is 5.92 Å². The zero-order chi connectivity index (χ0) is 33.3.